The average Bonchev–Trinajstić information content (AvgIpc) is 3.18. The van der Waals surface area contributed by atoms with Crippen LogP contribution < -0.4 is 4.74 Å². The molecule has 0 aliphatic rings. The van der Waals surface area contributed by atoms with Crippen molar-refractivity contribution in [1.29, 1.82) is 0 Å². The molecule has 7 nitrogen and oxygen atoms in total. The molecule has 3 aromatic heterocycles. The molecule has 0 spiro atoms. The Morgan fingerprint density at radius 2 is 2.00 bits per heavy atom. The number of alkyl halides is 2. The molecule has 170 valence electrons. The van der Waals surface area contributed by atoms with Crippen LogP contribution in [0.25, 0.3) is 11.4 Å². The number of halogens is 3. The van der Waals surface area contributed by atoms with Gasteiger partial charge < -0.3 is 9.64 Å². The van der Waals surface area contributed by atoms with Gasteiger partial charge in [0, 0.05) is 50.7 Å². The summed E-state index contributed by atoms with van der Waals surface area (Å²) < 4.78 is 48.5. The summed E-state index contributed by atoms with van der Waals surface area (Å²) in [5, 5.41) is 4.23. The van der Waals surface area contributed by atoms with Gasteiger partial charge in [-0.1, -0.05) is 0 Å². The highest BCUT2D eigenvalue weighted by molar-refractivity contribution is 6.00. The molecule has 0 aliphatic heterocycles. The van der Waals surface area contributed by atoms with Crippen LogP contribution in [0.3, 0.4) is 0 Å². The predicted octanol–water partition coefficient (Wildman–Crippen LogP) is 4.06. The van der Waals surface area contributed by atoms with Crippen LogP contribution in [0.2, 0.25) is 0 Å². The first-order valence-electron chi connectivity index (χ1n) is 10.0. The zero-order chi connectivity index (χ0) is 23.5. The van der Waals surface area contributed by atoms with Gasteiger partial charge in [0.05, 0.1) is 6.04 Å². The number of rotatable bonds is 8. The highest BCUT2D eigenvalue weighted by Crippen LogP contribution is 2.27. The van der Waals surface area contributed by atoms with Gasteiger partial charge in [-0.25, -0.2) is 18.2 Å². The molecule has 0 N–H and O–H groups in total. The van der Waals surface area contributed by atoms with Gasteiger partial charge in [0.1, 0.15) is 29.4 Å². The first kappa shape index (κ1) is 23.2. The van der Waals surface area contributed by atoms with E-state index in [-0.39, 0.29) is 35.9 Å². The number of nitrogens with zero attached hydrogens (tertiary/aromatic N) is 5. The maximum Gasteiger partial charge on any atom is 0.272 e. The number of carbonyl (C=O) groups is 1. The SMILES string of the molecule is CCN(C(=O)c1c(F)ccnc1-c1ccn(C)n1)[C@@H](C)COc1ccc(C(C)(F)F)cn1. The van der Waals surface area contributed by atoms with Crippen molar-refractivity contribution < 1.29 is 22.7 Å². The minimum Gasteiger partial charge on any atom is -0.475 e. The van der Waals surface area contributed by atoms with E-state index in [0.29, 0.717) is 5.69 Å². The number of hydrogen-bond acceptors (Lipinski definition) is 5. The minimum atomic E-state index is -3.00. The molecule has 3 rings (SSSR count). The third-order valence-electron chi connectivity index (χ3n) is 4.92. The summed E-state index contributed by atoms with van der Waals surface area (Å²) in [7, 11) is 1.71. The lowest BCUT2D eigenvalue weighted by atomic mass is 10.1. The van der Waals surface area contributed by atoms with Crippen molar-refractivity contribution in [2.24, 2.45) is 7.05 Å². The molecule has 0 aromatic carbocycles. The van der Waals surface area contributed by atoms with Crippen LogP contribution >= 0.6 is 0 Å². The maximum absolute atomic E-state index is 14.7. The summed E-state index contributed by atoms with van der Waals surface area (Å²) >= 11 is 0. The van der Waals surface area contributed by atoms with Gasteiger partial charge in [0.25, 0.3) is 11.8 Å². The lowest BCUT2D eigenvalue weighted by Crippen LogP contribution is -2.42. The second-order valence-electron chi connectivity index (χ2n) is 7.42. The maximum atomic E-state index is 14.7. The normalized spacial score (nSPS) is 12.5. The van der Waals surface area contributed by atoms with Gasteiger partial charge in [0.15, 0.2) is 0 Å². The van der Waals surface area contributed by atoms with E-state index in [2.05, 4.69) is 15.1 Å². The topological polar surface area (TPSA) is 73.1 Å². The summed E-state index contributed by atoms with van der Waals surface area (Å²) in [5.41, 5.74) is 0.136. The monoisotopic (exact) mass is 447 g/mol. The van der Waals surface area contributed by atoms with E-state index in [9.17, 15) is 18.0 Å². The van der Waals surface area contributed by atoms with E-state index in [1.54, 1.807) is 33.2 Å². The molecule has 0 bridgehead atoms. The van der Waals surface area contributed by atoms with Crippen molar-refractivity contribution in [2.45, 2.75) is 32.7 Å². The van der Waals surface area contributed by atoms with Crippen LogP contribution in [-0.2, 0) is 13.0 Å². The van der Waals surface area contributed by atoms with Crippen LogP contribution in [0.1, 0.15) is 36.7 Å². The zero-order valence-electron chi connectivity index (χ0n) is 18.2. The molecule has 3 aromatic rings. The van der Waals surface area contributed by atoms with E-state index in [1.165, 1.54) is 27.9 Å². The number of likely N-dealkylation sites (N-methyl/N-ethyl adjacent to an activating group) is 1. The van der Waals surface area contributed by atoms with Gasteiger partial charge in [-0.05, 0) is 32.0 Å². The molecule has 0 fully saturated rings. The first-order chi connectivity index (χ1) is 15.1. The fraction of sp³-hybridized carbons (Fsp3) is 0.364. The lowest BCUT2D eigenvalue weighted by molar-refractivity contribution is 0.0169. The van der Waals surface area contributed by atoms with Gasteiger partial charge >= 0.3 is 0 Å². The number of ether oxygens (including phenoxy) is 1. The third kappa shape index (κ3) is 5.06. The van der Waals surface area contributed by atoms with Crippen molar-refractivity contribution in [1.82, 2.24) is 24.6 Å². The minimum absolute atomic E-state index is 0.0370. The quantitative estimate of drug-likeness (QED) is 0.521. The van der Waals surface area contributed by atoms with Crippen molar-refractivity contribution in [3.05, 3.63) is 59.8 Å². The van der Waals surface area contributed by atoms with E-state index < -0.39 is 23.7 Å². The van der Waals surface area contributed by atoms with Crippen molar-refractivity contribution in [3.8, 4) is 17.3 Å². The van der Waals surface area contributed by atoms with Gasteiger partial charge in [-0.2, -0.15) is 5.10 Å². The summed E-state index contributed by atoms with van der Waals surface area (Å²) in [6, 6.07) is 4.90. The second kappa shape index (κ2) is 9.37. The number of aromatic nitrogens is 4. The Balaban J connectivity index is 1.77. The average molecular weight is 447 g/mol. The Morgan fingerprint density at radius 3 is 2.56 bits per heavy atom. The van der Waals surface area contributed by atoms with Crippen molar-refractivity contribution >= 4 is 5.91 Å². The highest BCUT2D eigenvalue weighted by Gasteiger charge is 2.28. The fourth-order valence-corrected chi connectivity index (χ4v) is 3.20. The number of aryl methyl sites for hydroxylation is 1. The number of hydrogen-bond donors (Lipinski definition) is 0. The van der Waals surface area contributed by atoms with Crippen LogP contribution in [0.15, 0.2) is 42.9 Å². The third-order valence-corrected chi connectivity index (χ3v) is 4.92. The van der Waals surface area contributed by atoms with Gasteiger partial charge in [0.2, 0.25) is 5.88 Å². The van der Waals surface area contributed by atoms with Crippen LogP contribution in [-0.4, -0.2) is 49.7 Å². The standard InChI is InChI=1S/C22H24F3N5O2/c1-5-30(14(2)13-32-18-7-6-15(12-27-18)22(3,24)25)21(31)19-16(23)8-10-26-20(19)17-9-11-29(4)28-17/h6-12,14H,5,13H2,1-4H3/t14-/m0/s1. The Kier molecular flexibility index (Phi) is 6.81. The van der Waals surface area contributed by atoms with Crippen LogP contribution in [0.5, 0.6) is 5.88 Å². The molecule has 0 saturated heterocycles. The van der Waals surface area contributed by atoms with E-state index in [1.807, 2.05) is 0 Å². The van der Waals surface area contributed by atoms with Gasteiger partial charge in [-0.3, -0.25) is 14.5 Å². The van der Waals surface area contributed by atoms with Crippen molar-refractivity contribution in [3.63, 3.8) is 0 Å². The Hall–Kier alpha value is -3.43. The van der Waals surface area contributed by atoms with Crippen LogP contribution in [0, 0.1) is 5.82 Å². The molecule has 1 amide bonds. The molecular weight excluding hydrogens is 423 g/mol. The number of carbonyl (C=O) groups excluding carboxylic acids is 1. The fourth-order valence-electron chi connectivity index (χ4n) is 3.20. The summed E-state index contributed by atoms with van der Waals surface area (Å²) in [6.07, 6.45) is 4.01. The molecule has 0 unspecified atom stereocenters. The summed E-state index contributed by atoms with van der Waals surface area (Å²) in [6.45, 7) is 4.61. The molecule has 10 heteroatoms. The Labute approximate surface area is 183 Å². The lowest BCUT2D eigenvalue weighted by Gasteiger charge is -2.28. The highest BCUT2D eigenvalue weighted by atomic mass is 19.3. The van der Waals surface area contributed by atoms with E-state index in [0.717, 1.165) is 19.2 Å². The van der Waals surface area contributed by atoms with Crippen molar-refractivity contribution in [2.75, 3.05) is 13.2 Å². The molecular formula is C22H24F3N5O2. The summed E-state index contributed by atoms with van der Waals surface area (Å²) in [4.78, 5) is 22.8. The Bertz CT molecular complexity index is 1080. The Morgan fingerprint density at radius 1 is 1.25 bits per heavy atom. The van der Waals surface area contributed by atoms with Crippen LogP contribution in [0.4, 0.5) is 13.2 Å². The first-order valence-corrected chi connectivity index (χ1v) is 10.0. The molecule has 0 aliphatic carbocycles. The molecule has 0 saturated carbocycles. The molecule has 1 atom stereocenters. The van der Waals surface area contributed by atoms with E-state index >= 15 is 0 Å². The zero-order valence-corrected chi connectivity index (χ0v) is 18.2. The second-order valence-corrected chi connectivity index (χ2v) is 7.42. The molecule has 32 heavy (non-hydrogen) atoms. The molecule has 3 heterocycles. The number of amides is 1. The van der Waals surface area contributed by atoms with Gasteiger partial charge in [-0.15, -0.1) is 0 Å². The predicted molar refractivity (Wildman–Crippen MR) is 112 cm³/mol. The molecule has 0 radical (unpaired) electrons. The largest absolute Gasteiger partial charge is 0.475 e. The van der Waals surface area contributed by atoms with E-state index in [4.69, 9.17) is 4.74 Å². The summed E-state index contributed by atoms with van der Waals surface area (Å²) in [5.74, 6) is -4.10. The smallest absolute Gasteiger partial charge is 0.272 e. The number of pyridine rings is 2.